The van der Waals surface area contributed by atoms with Gasteiger partial charge in [-0.2, -0.15) is 0 Å². The van der Waals surface area contributed by atoms with Gasteiger partial charge in [-0.05, 0) is 37.1 Å². The molecule has 1 aliphatic heterocycles. The molecule has 0 radical (unpaired) electrons. The quantitative estimate of drug-likeness (QED) is 0.332. The molecule has 0 spiro atoms. The van der Waals surface area contributed by atoms with Crippen molar-refractivity contribution < 1.29 is 23.9 Å². The molecule has 32 heavy (non-hydrogen) atoms. The van der Waals surface area contributed by atoms with Crippen LogP contribution >= 0.6 is 0 Å². The summed E-state index contributed by atoms with van der Waals surface area (Å²) in [6, 6.07) is 5.97. The van der Waals surface area contributed by atoms with Gasteiger partial charge in [0.15, 0.2) is 0 Å². The number of anilines is 1. The van der Waals surface area contributed by atoms with E-state index < -0.39 is 12.0 Å². The molecule has 9 nitrogen and oxygen atoms in total. The van der Waals surface area contributed by atoms with E-state index in [1.165, 1.54) is 4.90 Å². The van der Waals surface area contributed by atoms with Gasteiger partial charge in [0.25, 0.3) is 5.91 Å². The van der Waals surface area contributed by atoms with E-state index in [4.69, 9.17) is 4.74 Å². The van der Waals surface area contributed by atoms with Crippen molar-refractivity contribution in [2.45, 2.75) is 52.0 Å². The topological polar surface area (TPSA) is 117 Å². The lowest BCUT2D eigenvalue weighted by molar-refractivity contribution is -0.151. The Labute approximate surface area is 189 Å². The SMILES string of the molecule is CCCCNC(=O)c1ccc(NCC(=O)N2CCNC(=O)C2CC(=O)OCCCC)cc1. The minimum absolute atomic E-state index is 0.0310. The van der Waals surface area contributed by atoms with Gasteiger partial charge in [-0.15, -0.1) is 0 Å². The van der Waals surface area contributed by atoms with Crippen LogP contribution in [0.5, 0.6) is 0 Å². The standard InChI is InChI=1S/C23H34N4O5/c1-3-5-11-24-22(30)17-7-9-18(10-8-17)26-16-20(28)27-13-12-25-23(31)19(27)15-21(29)32-14-6-4-2/h7-10,19,26H,3-6,11-16H2,1-2H3,(H,24,30)(H,25,31). The Morgan fingerprint density at radius 2 is 1.84 bits per heavy atom. The molecule has 1 heterocycles. The zero-order chi connectivity index (χ0) is 23.3. The Hall–Kier alpha value is -3.10. The summed E-state index contributed by atoms with van der Waals surface area (Å²) in [5.41, 5.74) is 1.23. The zero-order valence-electron chi connectivity index (χ0n) is 18.9. The maximum atomic E-state index is 12.8. The Morgan fingerprint density at radius 3 is 2.53 bits per heavy atom. The molecule has 1 aromatic carbocycles. The second-order valence-corrected chi connectivity index (χ2v) is 7.71. The molecule has 1 saturated heterocycles. The molecule has 0 aliphatic carbocycles. The number of rotatable bonds is 12. The number of unbranched alkanes of at least 4 members (excludes halogenated alkanes) is 2. The summed E-state index contributed by atoms with van der Waals surface area (Å²) in [7, 11) is 0. The van der Waals surface area contributed by atoms with Crippen molar-refractivity contribution in [1.82, 2.24) is 15.5 Å². The summed E-state index contributed by atoms with van der Waals surface area (Å²) in [5.74, 6) is -1.25. The van der Waals surface area contributed by atoms with E-state index in [0.29, 0.717) is 37.5 Å². The maximum Gasteiger partial charge on any atom is 0.308 e. The molecule has 3 amide bonds. The first-order valence-electron chi connectivity index (χ1n) is 11.3. The van der Waals surface area contributed by atoms with Crippen LogP contribution in [-0.4, -0.2) is 67.4 Å². The van der Waals surface area contributed by atoms with Gasteiger partial charge in [-0.1, -0.05) is 26.7 Å². The summed E-state index contributed by atoms with van der Waals surface area (Å²) >= 11 is 0. The molecular formula is C23H34N4O5. The second kappa shape index (κ2) is 13.3. The van der Waals surface area contributed by atoms with Gasteiger partial charge in [0, 0.05) is 30.9 Å². The van der Waals surface area contributed by atoms with Gasteiger partial charge in [-0.25, -0.2) is 0 Å². The van der Waals surface area contributed by atoms with Crippen LogP contribution in [0, 0.1) is 0 Å². The molecule has 0 bridgehead atoms. The lowest BCUT2D eigenvalue weighted by atomic mass is 10.1. The van der Waals surface area contributed by atoms with E-state index in [-0.39, 0.29) is 30.7 Å². The van der Waals surface area contributed by atoms with Crippen molar-refractivity contribution in [1.29, 1.82) is 0 Å². The third kappa shape index (κ3) is 7.86. The lowest BCUT2D eigenvalue weighted by Gasteiger charge is -2.34. The smallest absolute Gasteiger partial charge is 0.308 e. The van der Waals surface area contributed by atoms with Crippen LogP contribution in [0.2, 0.25) is 0 Å². The minimum atomic E-state index is -0.874. The number of esters is 1. The third-order valence-electron chi connectivity index (χ3n) is 5.18. The van der Waals surface area contributed by atoms with Gasteiger partial charge in [0.2, 0.25) is 11.8 Å². The lowest BCUT2D eigenvalue weighted by Crippen LogP contribution is -2.58. The average molecular weight is 447 g/mol. The summed E-state index contributed by atoms with van der Waals surface area (Å²) in [6.45, 7) is 5.64. The molecule has 0 saturated carbocycles. The predicted octanol–water partition coefficient (Wildman–Crippen LogP) is 1.69. The molecule has 1 unspecified atom stereocenters. The Kier molecular flexibility index (Phi) is 10.5. The Balaban J connectivity index is 1.88. The van der Waals surface area contributed by atoms with E-state index in [0.717, 1.165) is 25.7 Å². The summed E-state index contributed by atoms with van der Waals surface area (Å²) in [6.07, 6.45) is 3.44. The van der Waals surface area contributed by atoms with Crippen LogP contribution in [0.4, 0.5) is 5.69 Å². The van der Waals surface area contributed by atoms with Crippen LogP contribution in [0.3, 0.4) is 0 Å². The average Bonchev–Trinajstić information content (AvgIpc) is 2.79. The molecular weight excluding hydrogens is 412 g/mol. The minimum Gasteiger partial charge on any atom is -0.466 e. The number of carbonyl (C=O) groups is 4. The number of piperazine rings is 1. The molecule has 176 valence electrons. The highest BCUT2D eigenvalue weighted by Gasteiger charge is 2.34. The predicted molar refractivity (Wildman–Crippen MR) is 121 cm³/mol. The zero-order valence-corrected chi connectivity index (χ0v) is 18.9. The van der Waals surface area contributed by atoms with Gasteiger partial charge in [0.05, 0.1) is 19.6 Å². The summed E-state index contributed by atoms with van der Waals surface area (Å²) in [5, 5.41) is 8.58. The van der Waals surface area contributed by atoms with Crippen molar-refractivity contribution in [2.75, 3.05) is 38.1 Å². The highest BCUT2D eigenvalue weighted by atomic mass is 16.5. The van der Waals surface area contributed by atoms with Crippen LogP contribution in [-0.2, 0) is 19.1 Å². The van der Waals surface area contributed by atoms with E-state index in [1.54, 1.807) is 24.3 Å². The Morgan fingerprint density at radius 1 is 1.12 bits per heavy atom. The first-order chi connectivity index (χ1) is 15.5. The van der Waals surface area contributed by atoms with Crippen molar-refractivity contribution in [2.24, 2.45) is 0 Å². The van der Waals surface area contributed by atoms with Crippen molar-refractivity contribution in [3.63, 3.8) is 0 Å². The largest absolute Gasteiger partial charge is 0.466 e. The molecule has 2 rings (SSSR count). The van der Waals surface area contributed by atoms with E-state index in [2.05, 4.69) is 22.9 Å². The maximum absolute atomic E-state index is 12.8. The monoisotopic (exact) mass is 446 g/mol. The van der Waals surface area contributed by atoms with Gasteiger partial charge >= 0.3 is 5.97 Å². The number of benzene rings is 1. The van der Waals surface area contributed by atoms with E-state index in [9.17, 15) is 19.2 Å². The molecule has 1 atom stereocenters. The number of hydrogen-bond acceptors (Lipinski definition) is 6. The number of amides is 3. The van der Waals surface area contributed by atoms with E-state index >= 15 is 0 Å². The molecule has 0 aromatic heterocycles. The normalized spacial score (nSPS) is 15.6. The first-order valence-corrected chi connectivity index (χ1v) is 11.3. The second-order valence-electron chi connectivity index (χ2n) is 7.71. The van der Waals surface area contributed by atoms with Gasteiger partial charge in [0.1, 0.15) is 6.04 Å². The fourth-order valence-corrected chi connectivity index (χ4v) is 3.26. The van der Waals surface area contributed by atoms with Gasteiger partial charge < -0.3 is 25.6 Å². The number of nitrogens with one attached hydrogen (secondary N) is 3. The number of hydrogen-bond donors (Lipinski definition) is 3. The highest BCUT2D eigenvalue weighted by Crippen LogP contribution is 2.13. The van der Waals surface area contributed by atoms with Crippen LogP contribution in [0.1, 0.15) is 56.3 Å². The number of nitrogens with zero attached hydrogens (tertiary/aromatic N) is 1. The van der Waals surface area contributed by atoms with Crippen LogP contribution in [0.25, 0.3) is 0 Å². The molecule has 1 aliphatic rings. The van der Waals surface area contributed by atoms with Crippen LogP contribution in [0.15, 0.2) is 24.3 Å². The third-order valence-corrected chi connectivity index (χ3v) is 5.18. The Bertz CT molecular complexity index is 781. The fourth-order valence-electron chi connectivity index (χ4n) is 3.26. The summed E-state index contributed by atoms with van der Waals surface area (Å²) in [4.78, 5) is 50.6. The van der Waals surface area contributed by atoms with Gasteiger partial charge in [-0.3, -0.25) is 19.2 Å². The molecule has 3 N–H and O–H groups in total. The first kappa shape index (κ1) is 25.2. The van der Waals surface area contributed by atoms with Crippen molar-refractivity contribution in [3.05, 3.63) is 29.8 Å². The van der Waals surface area contributed by atoms with Crippen molar-refractivity contribution in [3.8, 4) is 0 Å². The molecule has 9 heteroatoms. The summed E-state index contributed by atoms with van der Waals surface area (Å²) < 4.78 is 5.15. The van der Waals surface area contributed by atoms with Crippen molar-refractivity contribution >= 4 is 29.4 Å². The fraction of sp³-hybridized carbons (Fsp3) is 0.565. The van der Waals surface area contributed by atoms with E-state index in [1.807, 2.05) is 6.92 Å². The number of carbonyl (C=O) groups excluding carboxylic acids is 4. The van der Waals surface area contributed by atoms with Crippen LogP contribution < -0.4 is 16.0 Å². The molecule has 1 fully saturated rings. The highest BCUT2D eigenvalue weighted by molar-refractivity contribution is 5.95. The number of ether oxygens (including phenoxy) is 1. The molecule has 1 aromatic rings.